The second kappa shape index (κ2) is 5.09. The summed E-state index contributed by atoms with van der Waals surface area (Å²) in [6.07, 6.45) is 0.223. The number of anilines is 1. The number of carbonyl (C=O) groups excluding carboxylic acids is 1. The second-order valence-corrected chi connectivity index (χ2v) is 6.50. The average Bonchev–Trinajstić information content (AvgIpc) is 2.70. The minimum Gasteiger partial charge on any atom is -0.478 e. The Bertz CT molecular complexity index is 577. The summed E-state index contributed by atoms with van der Waals surface area (Å²) in [6, 6.07) is 3.07. The molecule has 1 aromatic carbocycles. The number of fused-ring (bicyclic) bond motifs is 1. The van der Waals surface area contributed by atoms with Crippen LogP contribution in [0.3, 0.4) is 0 Å². The molecule has 1 aliphatic rings. The molecule has 0 spiro atoms. The quantitative estimate of drug-likeness (QED) is 0.849. The summed E-state index contributed by atoms with van der Waals surface area (Å²) in [5.74, 6) is -1.02. The highest BCUT2D eigenvalue weighted by molar-refractivity contribution is 9.10. The highest BCUT2D eigenvalue weighted by Gasteiger charge is 2.31. The average molecular weight is 342 g/mol. The SMILES string of the molecule is CC(C)(C)OC(=O)N1CCc2c(Br)cc(C(=O)O)cc21. The van der Waals surface area contributed by atoms with Gasteiger partial charge < -0.3 is 9.84 Å². The van der Waals surface area contributed by atoms with Crippen molar-refractivity contribution in [1.29, 1.82) is 0 Å². The van der Waals surface area contributed by atoms with Crippen LogP contribution < -0.4 is 4.90 Å². The number of amides is 1. The van der Waals surface area contributed by atoms with Gasteiger partial charge >= 0.3 is 12.1 Å². The Kier molecular flexibility index (Phi) is 3.77. The molecule has 5 nitrogen and oxygen atoms in total. The summed E-state index contributed by atoms with van der Waals surface area (Å²) in [7, 11) is 0. The summed E-state index contributed by atoms with van der Waals surface area (Å²) in [5.41, 5.74) is 1.10. The van der Waals surface area contributed by atoms with Crippen LogP contribution >= 0.6 is 15.9 Å². The topological polar surface area (TPSA) is 66.8 Å². The van der Waals surface area contributed by atoms with Crippen molar-refractivity contribution >= 4 is 33.7 Å². The molecule has 1 amide bonds. The van der Waals surface area contributed by atoms with Gasteiger partial charge in [-0.05, 0) is 44.9 Å². The van der Waals surface area contributed by atoms with Crippen LogP contribution in [0, 0.1) is 0 Å². The van der Waals surface area contributed by atoms with Crippen LogP contribution in [-0.2, 0) is 11.2 Å². The maximum atomic E-state index is 12.2. The van der Waals surface area contributed by atoms with Crippen molar-refractivity contribution in [1.82, 2.24) is 0 Å². The third-order valence-corrected chi connectivity index (χ3v) is 3.62. The zero-order valence-corrected chi connectivity index (χ0v) is 13.2. The van der Waals surface area contributed by atoms with Gasteiger partial charge in [-0.1, -0.05) is 15.9 Å². The van der Waals surface area contributed by atoms with E-state index in [1.54, 1.807) is 26.8 Å². The van der Waals surface area contributed by atoms with Gasteiger partial charge in [0.15, 0.2) is 0 Å². The summed E-state index contributed by atoms with van der Waals surface area (Å²) in [4.78, 5) is 24.7. The fraction of sp³-hybridized carbons (Fsp3) is 0.429. The van der Waals surface area contributed by atoms with Crippen molar-refractivity contribution in [2.45, 2.75) is 32.8 Å². The van der Waals surface area contributed by atoms with E-state index in [0.29, 0.717) is 23.1 Å². The maximum absolute atomic E-state index is 12.2. The molecular formula is C14H16BrNO4. The Morgan fingerprint density at radius 2 is 2.00 bits per heavy atom. The Morgan fingerprint density at radius 1 is 1.35 bits per heavy atom. The minimum absolute atomic E-state index is 0.145. The molecular weight excluding hydrogens is 326 g/mol. The Hall–Kier alpha value is -1.56. The van der Waals surface area contributed by atoms with Gasteiger partial charge in [0.2, 0.25) is 0 Å². The van der Waals surface area contributed by atoms with Gasteiger partial charge in [0, 0.05) is 11.0 Å². The van der Waals surface area contributed by atoms with Gasteiger partial charge in [-0.2, -0.15) is 0 Å². The van der Waals surface area contributed by atoms with E-state index < -0.39 is 17.7 Å². The van der Waals surface area contributed by atoms with Crippen LogP contribution in [0.25, 0.3) is 0 Å². The highest BCUT2D eigenvalue weighted by atomic mass is 79.9. The molecule has 6 heteroatoms. The molecule has 20 heavy (non-hydrogen) atoms. The van der Waals surface area contributed by atoms with Gasteiger partial charge in [0.1, 0.15) is 5.60 Å². The second-order valence-electron chi connectivity index (χ2n) is 5.64. The largest absolute Gasteiger partial charge is 0.478 e. The van der Waals surface area contributed by atoms with Crippen LogP contribution in [-0.4, -0.2) is 29.3 Å². The lowest BCUT2D eigenvalue weighted by atomic mass is 10.1. The van der Waals surface area contributed by atoms with Crippen molar-refractivity contribution in [3.8, 4) is 0 Å². The van der Waals surface area contributed by atoms with E-state index in [9.17, 15) is 9.59 Å². The Labute approximate surface area is 125 Å². The minimum atomic E-state index is -1.02. The maximum Gasteiger partial charge on any atom is 0.414 e. The van der Waals surface area contributed by atoms with Gasteiger partial charge in [0.05, 0.1) is 11.3 Å². The van der Waals surface area contributed by atoms with E-state index in [1.165, 1.54) is 11.0 Å². The van der Waals surface area contributed by atoms with Crippen LogP contribution in [0.4, 0.5) is 10.5 Å². The molecule has 0 aliphatic carbocycles. The van der Waals surface area contributed by atoms with Crippen LogP contribution in [0.2, 0.25) is 0 Å². The lowest BCUT2D eigenvalue weighted by Crippen LogP contribution is -2.35. The normalized spacial score (nSPS) is 14.1. The zero-order valence-electron chi connectivity index (χ0n) is 11.6. The number of halogens is 1. The lowest BCUT2D eigenvalue weighted by molar-refractivity contribution is 0.0582. The number of rotatable bonds is 1. The first-order chi connectivity index (χ1) is 9.19. The van der Waals surface area contributed by atoms with E-state index in [-0.39, 0.29) is 5.56 Å². The number of hydrogen-bond acceptors (Lipinski definition) is 3. The molecule has 0 saturated heterocycles. The summed E-state index contributed by atoms with van der Waals surface area (Å²) >= 11 is 3.36. The summed E-state index contributed by atoms with van der Waals surface area (Å²) in [5, 5.41) is 9.10. The van der Waals surface area contributed by atoms with Gasteiger partial charge in [0.25, 0.3) is 0 Å². The smallest absolute Gasteiger partial charge is 0.414 e. The van der Waals surface area contributed by atoms with Crippen molar-refractivity contribution in [3.63, 3.8) is 0 Å². The number of nitrogens with zero attached hydrogens (tertiary/aromatic N) is 1. The Balaban J connectivity index is 2.36. The number of carbonyl (C=O) groups is 2. The number of benzene rings is 1. The monoisotopic (exact) mass is 341 g/mol. The predicted molar refractivity (Wildman–Crippen MR) is 78.4 cm³/mol. The molecule has 0 fully saturated rings. The van der Waals surface area contributed by atoms with E-state index in [2.05, 4.69) is 15.9 Å². The standard InChI is InChI=1S/C14H16BrNO4/c1-14(2,3)20-13(19)16-5-4-9-10(15)6-8(12(17)18)7-11(9)16/h6-7H,4-5H2,1-3H3,(H,17,18). The summed E-state index contributed by atoms with van der Waals surface area (Å²) in [6.45, 7) is 5.88. The van der Waals surface area contributed by atoms with Crippen LogP contribution in [0.15, 0.2) is 16.6 Å². The summed E-state index contributed by atoms with van der Waals surface area (Å²) < 4.78 is 6.05. The van der Waals surface area contributed by atoms with E-state index in [0.717, 1.165) is 5.56 Å². The van der Waals surface area contributed by atoms with Crippen molar-refractivity contribution in [3.05, 3.63) is 27.7 Å². The molecule has 108 valence electrons. The fourth-order valence-electron chi connectivity index (χ4n) is 2.08. The van der Waals surface area contributed by atoms with E-state index in [1.807, 2.05) is 0 Å². The highest BCUT2D eigenvalue weighted by Crippen LogP contribution is 2.36. The van der Waals surface area contributed by atoms with E-state index >= 15 is 0 Å². The molecule has 0 aromatic heterocycles. The van der Waals surface area contributed by atoms with Gasteiger partial charge in [-0.25, -0.2) is 9.59 Å². The van der Waals surface area contributed by atoms with Crippen LogP contribution in [0.5, 0.6) is 0 Å². The third-order valence-electron chi connectivity index (χ3n) is 2.91. The lowest BCUT2D eigenvalue weighted by Gasteiger charge is -2.25. The molecule has 1 aromatic rings. The van der Waals surface area contributed by atoms with Crippen molar-refractivity contribution < 1.29 is 19.4 Å². The van der Waals surface area contributed by atoms with Crippen molar-refractivity contribution in [2.75, 3.05) is 11.4 Å². The fourth-order valence-corrected chi connectivity index (χ4v) is 2.73. The zero-order chi connectivity index (χ0) is 15.1. The number of ether oxygens (including phenoxy) is 1. The Morgan fingerprint density at radius 3 is 2.55 bits per heavy atom. The molecule has 2 rings (SSSR count). The molecule has 0 saturated carbocycles. The number of aromatic carboxylic acids is 1. The molecule has 0 radical (unpaired) electrons. The van der Waals surface area contributed by atoms with E-state index in [4.69, 9.17) is 9.84 Å². The molecule has 1 N–H and O–H groups in total. The first kappa shape index (κ1) is 14.8. The first-order valence-electron chi connectivity index (χ1n) is 6.25. The van der Waals surface area contributed by atoms with Crippen LogP contribution in [0.1, 0.15) is 36.7 Å². The number of carboxylic acid groups (broad SMARTS) is 1. The van der Waals surface area contributed by atoms with Crippen molar-refractivity contribution in [2.24, 2.45) is 0 Å². The molecule has 1 aliphatic heterocycles. The molecule has 0 bridgehead atoms. The molecule has 1 heterocycles. The van der Waals surface area contributed by atoms with Gasteiger partial charge in [-0.3, -0.25) is 4.90 Å². The number of hydrogen-bond donors (Lipinski definition) is 1. The molecule has 0 unspecified atom stereocenters. The predicted octanol–water partition coefficient (Wildman–Crippen LogP) is 3.44. The first-order valence-corrected chi connectivity index (χ1v) is 7.04. The van der Waals surface area contributed by atoms with Gasteiger partial charge in [-0.15, -0.1) is 0 Å². The number of carboxylic acids is 1. The molecule has 0 atom stereocenters. The third kappa shape index (κ3) is 2.95.